The van der Waals surface area contributed by atoms with Gasteiger partial charge in [0.25, 0.3) is 5.91 Å². The van der Waals surface area contributed by atoms with Crippen LogP contribution >= 0.6 is 0 Å². The van der Waals surface area contributed by atoms with Crippen LogP contribution in [0.4, 0.5) is 23.4 Å². The minimum Gasteiger partial charge on any atom is -0.481 e. The molecule has 10 nitrogen and oxygen atoms in total. The molecule has 4 aromatic rings. The van der Waals surface area contributed by atoms with Crippen LogP contribution in [0.5, 0.6) is 11.8 Å². The maximum Gasteiger partial charge on any atom is 0.422 e. The molecule has 0 atom stereocenters. The lowest BCUT2D eigenvalue weighted by Crippen LogP contribution is -2.62. The van der Waals surface area contributed by atoms with Crippen LogP contribution < -0.4 is 14.4 Å². The van der Waals surface area contributed by atoms with Crippen LogP contribution in [0.15, 0.2) is 36.8 Å². The van der Waals surface area contributed by atoms with Gasteiger partial charge >= 0.3 is 12.2 Å². The first-order valence-corrected chi connectivity index (χ1v) is 19.3. The van der Waals surface area contributed by atoms with Gasteiger partial charge in [0, 0.05) is 67.1 Å². The fourth-order valence-electron chi connectivity index (χ4n) is 9.09. The number of hydrogen-bond acceptors (Lipinski definition) is 8. The number of H-pyrrole nitrogens is 1. The Bertz CT molecular complexity index is 2100. The van der Waals surface area contributed by atoms with Crippen LogP contribution in [0.1, 0.15) is 74.8 Å². The van der Waals surface area contributed by atoms with Crippen molar-refractivity contribution in [1.82, 2.24) is 30.0 Å². The third-order valence-electron chi connectivity index (χ3n) is 12.5. The number of aromatic amines is 1. The number of piperidine rings is 2. The number of anilines is 1. The Morgan fingerprint density at radius 2 is 1.74 bits per heavy atom. The van der Waals surface area contributed by atoms with E-state index in [0.717, 1.165) is 79.2 Å². The van der Waals surface area contributed by atoms with Crippen LogP contribution in [0, 0.1) is 12.3 Å². The number of hydrogen-bond donors (Lipinski definition) is 1. The molecule has 0 unspecified atom stereocenters. The molecular formula is C40H45F4N7O3. The summed E-state index contributed by atoms with van der Waals surface area (Å²) in [6, 6.07) is 6.71. The molecule has 2 aliphatic carbocycles. The lowest BCUT2D eigenvalue weighted by Gasteiger charge is -2.54. The van der Waals surface area contributed by atoms with Gasteiger partial charge in [0.15, 0.2) is 18.2 Å². The number of ether oxygens (including phenoxy) is 2. The fourth-order valence-corrected chi connectivity index (χ4v) is 9.09. The van der Waals surface area contributed by atoms with Gasteiger partial charge in [0.1, 0.15) is 17.4 Å². The summed E-state index contributed by atoms with van der Waals surface area (Å²) in [5.74, 6) is -0.808. The molecular weight excluding hydrogens is 702 g/mol. The molecule has 5 fully saturated rings. The summed E-state index contributed by atoms with van der Waals surface area (Å²) in [4.78, 5) is 28.4. The number of amides is 1. The highest BCUT2D eigenvalue weighted by atomic mass is 19.4. The van der Waals surface area contributed by atoms with Crippen LogP contribution in [0.2, 0.25) is 0 Å². The lowest BCUT2D eigenvalue weighted by atomic mass is 9.72. The van der Waals surface area contributed by atoms with Gasteiger partial charge in [0.05, 0.1) is 11.7 Å². The number of carbonyl (C=O) groups excluding carboxylic acids is 1. The molecule has 5 aliphatic rings. The third-order valence-corrected chi connectivity index (χ3v) is 12.5. The summed E-state index contributed by atoms with van der Waals surface area (Å²) in [6.45, 7) is 7.59. The summed E-state index contributed by atoms with van der Waals surface area (Å²) in [6.07, 6.45) is 5.64. The Hall–Kier alpha value is -4.46. The lowest BCUT2D eigenvalue weighted by molar-refractivity contribution is -0.153. The van der Waals surface area contributed by atoms with Gasteiger partial charge in [0.2, 0.25) is 0 Å². The quantitative estimate of drug-likeness (QED) is 0.138. The fraction of sp³-hybridized carbons (Fsp3) is 0.550. The van der Waals surface area contributed by atoms with Gasteiger partial charge in [-0.2, -0.15) is 28.2 Å². The van der Waals surface area contributed by atoms with Gasteiger partial charge in [-0.25, -0.2) is 4.39 Å². The molecule has 3 saturated heterocycles. The molecule has 0 bridgehead atoms. The number of likely N-dealkylation sites (tertiary alicyclic amines) is 2. The van der Waals surface area contributed by atoms with Crippen molar-refractivity contribution in [3.63, 3.8) is 0 Å². The van der Waals surface area contributed by atoms with Crippen molar-refractivity contribution in [2.24, 2.45) is 5.41 Å². The number of nitrogens with one attached hydrogen (secondary N) is 1. The molecule has 0 radical (unpaired) electrons. The van der Waals surface area contributed by atoms with Crippen molar-refractivity contribution in [2.45, 2.75) is 89.0 Å². The second kappa shape index (κ2) is 13.4. The van der Waals surface area contributed by atoms with E-state index in [1.54, 1.807) is 6.20 Å². The molecule has 286 valence electrons. The predicted molar refractivity (Wildman–Crippen MR) is 196 cm³/mol. The van der Waals surface area contributed by atoms with E-state index < -0.39 is 24.5 Å². The Balaban J connectivity index is 1.15. The number of carbonyl (C=O) groups is 1. The molecule has 2 aromatic carbocycles. The number of aryl methyl sites for hydroxylation is 1. The molecule has 2 saturated carbocycles. The van der Waals surface area contributed by atoms with Crippen molar-refractivity contribution in [3.05, 3.63) is 47.9 Å². The van der Waals surface area contributed by atoms with E-state index >= 15 is 0 Å². The second-order valence-electron chi connectivity index (χ2n) is 16.2. The number of benzene rings is 2. The van der Waals surface area contributed by atoms with Gasteiger partial charge in [-0.3, -0.25) is 9.89 Å². The monoisotopic (exact) mass is 747 g/mol. The average molecular weight is 748 g/mol. The molecule has 9 rings (SSSR count). The second-order valence-corrected chi connectivity index (χ2v) is 16.2. The number of nitrogens with zero attached hydrogens (tertiary/aromatic N) is 6. The Kier molecular flexibility index (Phi) is 8.74. The van der Waals surface area contributed by atoms with Crippen molar-refractivity contribution < 1.29 is 31.8 Å². The van der Waals surface area contributed by atoms with Crippen LogP contribution in [-0.4, -0.2) is 100 Å². The van der Waals surface area contributed by atoms with E-state index in [1.165, 1.54) is 24.2 Å². The van der Waals surface area contributed by atoms with E-state index in [0.29, 0.717) is 49.0 Å². The Morgan fingerprint density at radius 1 is 1.00 bits per heavy atom. The normalized spacial score (nSPS) is 21.1. The van der Waals surface area contributed by atoms with Gasteiger partial charge in [-0.15, -0.1) is 0 Å². The van der Waals surface area contributed by atoms with Crippen LogP contribution in [-0.2, 0) is 4.79 Å². The van der Waals surface area contributed by atoms with Crippen molar-refractivity contribution >= 4 is 33.5 Å². The van der Waals surface area contributed by atoms with E-state index in [4.69, 9.17) is 19.4 Å². The highest BCUT2D eigenvalue weighted by Crippen LogP contribution is 2.53. The molecule has 54 heavy (non-hydrogen) atoms. The highest BCUT2D eigenvalue weighted by Gasteiger charge is 2.48. The summed E-state index contributed by atoms with van der Waals surface area (Å²) in [5.41, 5.74) is 4.10. The summed E-state index contributed by atoms with van der Waals surface area (Å²) in [5, 5.41) is 8.71. The zero-order valence-electron chi connectivity index (χ0n) is 30.5. The highest BCUT2D eigenvalue weighted by molar-refractivity contribution is 6.06. The molecule has 1 amide bonds. The van der Waals surface area contributed by atoms with Gasteiger partial charge < -0.3 is 24.2 Å². The largest absolute Gasteiger partial charge is 0.481 e. The van der Waals surface area contributed by atoms with Gasteiger partial charge in [-0.05, 0) is 93.0 Å². The SMILES string of the molecule is C=C(F)C(=O)N1CC2(CCN(c3nc(OC4CCN(C5CCC5)CC4)nc4c(OCC(F)(F)F)c(-c5c(C)ccc6[nH]ncc56)c(C5CC5)cc34)CC2)C1. The van der Waals surface area contributed by atoms with E-state index in [1.807, 2.05) is 19.1 Å². The number of alkyl halides is 3. The zero-order valence-corrected chi connectivity index (χ0v) is 30.5. The van der Waals surface area contributed by atoms with Crippen molar-refractivity contribution in [1.29, 1.82) is 0 Å². The van der Waals surface area contributed by atoms with E-state index in [2.05, 4.69) is 32.6 Å². The Labute approximate surface area is 310 Å². The van der Waals surface area contributed by atoms with E-state index in [-0.39, 0.29) is 34.7 Å². The number of aromatic nitrogens is 4. The topological polar surface area (TPSA) is 99.7 Å². The van der Waals surface area contributed by atoms with Crippen molar-refractivity contribution in [3.8, 4) is 22.9 Å². The summed E-state index contributed by atoms with van der Waals surface area (Å²) >= 11 is 0. The first-order valence-electron chi connectivity index (χ1n) is 19.3. The summed E-state index contributed by atoms with van der Waals surface area (Å²) < 4.78 is 68.3. The number of halogens is 4. The third kappa shape index (κ3) is 6.53. The standard InChI is InChI=1S/C40H45F4N7O3/c1-23-6-9-31-30(19-45-48-31)32(23)33-28(25-7-8-25)18-29-34(35(33)53-22-40(42,43)44)46-38(54-27-10-14-49(15-11-27)26-4-3-5-26)47-36(29)50-16-12-39(13-17-50)20-51(21-39)37(52)24(2)41/h6,9,18-19,25-27H,2-5,7-8,10-17,20-22H2,1H3,(H,45,48). The first kappa shape index (κ1) is 35.3. The predicted octanol–water partition coefficient (Wildman–Crippen LogP) is 7.61. The minimum absolute atomic E-state index is 0.0740. The molecule has 1 spiro atoms. The Morgan fingerprint density at radius 3 is 2.39 bits per heavy atom. The minimum atomic E-state index is -4.59. The molecule has 1 N–H and O–H groups in total. The maximum absolute atomic E-state index is 14.1. The average Bonchev–Trinajstić information content (AvgIpc) is 3.85. The number of fused-ring (bicyclic) bond motifs is 2. The van der Waals surface area contributed by atoms with Gasteiger partial charge in [-0.1, -0.05) is 19.1 Å². The molecule has 3 aliphatic heterocycles. The molecule has 5 heterocycles. The van der Waals surface area contributed by atoms with Crippen LogP contribution in [0.25, 0.3) is 32.9 Å². The molecule has 2 aromatic heterocycles. The van der Waals surface area contributed by atoms with E-state index in [9.17, 15) is 22.4 Å². The molecule has 14 heteroatoms. The van der Waals surface area contributed by atoms with Crippen molar-refractivity contribution in [2.75, 3.05) is 50.8 Å². The zero-order chi connectivity index (χ0) is 37.4. The number of rotatable bonds is 9. The maximum atomic E-state index is 14.1. The smallest absolute Gasteiger partial charge is 0.422 e. The summed E-state index contributed by atoms with van der Waals surface area (Å²) in [7, 11) is 0. The van der Waals surface area contributed by atoms with Crippen LogP contribution in [0.3, 0.4) is 0 Å². The first-order chi connectivity index (χ1) is 26.0.